The number of para-hydroxylation sites is 1. The van der Waals surface area contributed by atoms with Crippen molar-refractivity contribution in [2.75, 3.05) is 5.73 Å². The minimum atomic E-state index is 0.836. The number of rotatable bonds is 1. The molecule has 0 bridgehead atoms. The lowest BCUT2D eigenvalue weighted by molar-refractivity contribution is 0.734. The molecule has 14 heavy (non-hydrogen) atoms. The molecule has 1 aromatic rings. The van der Waals surface area contributed by atoms with Crippen molar-refractivity contribution in [3.63, 3.8) is 0 Å². The van der Waals surface area contributed by atoms with E-state index in [1.54, 1.807) is 0 Å². The molecule has 0 aromatic heterocycles. The van der Waals surface area contributed by atoms with E-state index >= 15 is 0 Å². The third kappa shape index (κ3) is 1.78. The molecule has 0 aliphatic heterocycles. The van der Waals surface area contributed by atoms with E-state index in [-0.39, 0.29) is 0 Å². The number of allylic oxidation sites excluding steroid dienone is 2. The van der Waals surface area contributed by atoms with Gasteiger partial charge in [0.05, 0.1) is 0 Å². The van der Waals surface area contributed by atoms with Crippen LogP contribution in [-0.2, 0) is 0 Å². The van der Waals surface area contributed by atoms with Crippen LogP contribution in [0.1, 0.15) is 31.2 Å². The van der Waals surface area contributed by atoms with Gasteiger partial charge in [-0.15, -0.1) is 0 Å². The summed E-state index contributed by atoms with van der Waals surface area (Å²) >= 11 is 6.21. The van der Waals surface area contributed by atoms with Gasteiger partial charge in [0.1, 0.15) is 0 Å². The predicted molar refractivity (Wildman–Crippen MR) is 62.1 cm³/mol. The second-order valence-corrected chi connectivity index (χ2v) is 4.13. The molecular weight excluding hydrogens is 194 g/mol. The average molecular weight is 208 g/mol. The molecule has 0 spiro atoms. The van der Waals surface area contributed by atoms with Gasteiger partial charge in [0, 0.05) is 16.3 Å². The Balaban J connectivity index is 2.43. The molecule has 2 N–H and O–H groups in total. The lowest BCUT2D eigenvalue weighted by atomic mass is 9.92. The molecule has 1 aliphatic carbocycles. The highest BCUT2D eigenvalue weighted by molar-refractivity contribution is 6.32. The molecule has 0 radical (unpaired) electrons. The fourth-order valence-electron chi connectivity index (χ4n) is 1.92. The molecule has 1 aromatic carbocycles. The van der Waals surface area contributed by atoms with E-state index in [4.69, 9.17) is 17.3 Å². The van der Waals surface area contributed by atoms with Gasteiger partial charge in [-0.3, -0.25) is 0 Å². The fourth-order valence-corrected chi connectivity index (χ4v) is 2.25. The SMILES string of the molecule is Nc1ccccc1C1=C(Cl)CCCC1. The van der Waals surface area contributed by atoms with Crippen molar-refractivity contribution in [3.8, 4) is 0 Å². The smallest absolute Gasteiger partial charge is 0.0390 e. The Bertz CT molecular complexity index is 368. The molecule has 0 fully saturated rings. The number of nitrogen functional groups attached to an aromatic ring is 1. The Kier molecular flexibility index (Phi) is 2.78. The molecule has 0 saturated heterocycles. The van der Waals surface area contributed by atoms with Crippen molar-refractivity contribution in [1.29, 1.82) is 0 Å². The maximum absolute atomic E-state index is 6.21. The summed E-state index contributed by atoms with van der Waals surface area (Å²) in [6, 6.07) is 7.95. The Hall–Kier alpha value is -0.950. The van der Waals surface area contributed by atoms with Gasteiger partial charge in [-0.25, -0.2) is 0 Å². The van der Waals surface area contributed by atoms with Gasteiger partial charge in [-0.05, 0) is 37.3 Å². The Labute approximate surface area is 89.6 Å². The number of hydrogen-bond acceptors (Lipinski definition) is 1. The molecule has 74 valence electrons. The molecule has 0 heterocycles. The molecule has 0 amide bonds. The summed E-state index contributed by atoms with van der Waals surface area (Å²) in [5.74, 6) is 0. The van der Waals surface area contributed by atoms with Crippen molar-refractivity contribution in [3.05, 3.63) is 34.9 Å². The maximum atomic E-state index is 6.21. The number of anilines is 1. The summed E-state index contributed by atoms with van der Waals surface area (Å²) in [7, 11) is 0. The highest BCUT2D eigenvalue weighted by Crippen LogP contribution is 2.36. The lowest BCUT2D eigenvalue weighted by Crippen LogP contribution is -1.99. The molecule has 0 saturated carbocycles. The first kappa shape index (κ1) is 9.60. The number of hydrogen-bond donors (Lipinski definition) is 1. The van der Waals surface area contributed by atoms with Crippen LogP contribution in [0.15, 0.2) is 29.3 Å². The molecular formula is C12H14ClN. The third-order valence-corrected chi connectivity index (χ3v) is 3.10. The highest BCUT2D eigenvalue weighted by atomic mass is 35.5. The van der Waals surface area contributed by atoms with Gasteiger partial charge >= 0.3 is 0 Å². The first-order valence-corrected chi connectivity index (χ1v) is 5.39. The van der Waals surface area contributed by atoms with E-state index in [2.05, 4.69) is 6.07 Å². The average Bonchev–Trinajstić information content (AvgIpc) is 2.20. The highest BCUT2D eigenvalue weighted by Gasteiger charge is 2.14. The van der Waals surface area contributed by atoms with Gasteiger partial charge in [-0.1, -0.05) is 29.8 Å². The predicted octanol–water partition coefficient (Wildman–Crippen LogP) is 3.79. The van der Waals surface area contributed by atoms with Crippen LogP contribution < -0.4 is 5.73 Å². The zero-order valence-corrected chi connectivity index (χ0v) is 8.85. The van der Waals surface area contributed by atoms with Gasteiger partial charge in [0.2, 0.25) is 0 Å². The molecule has 0 atom stereocenters. The summed E-state index contributed by atoms with van der Waals surface area (Å²) in [6.45, 7) is 0. The van der Waals surface area contributed by atoms with E-state index in [1.165, 1.54) is 18.4 Å². The third-order valence-electron chi connectivity index (χ3n) is 2.69. The van der Waals surface area contributed by atoms with E-state index in [0.29, 0.717) is 0 Å². The van der Waals surface area contributed by atoms with Crippen LogP contribution >= 0.6 is 11.6 Å². The molecule has 1 aliphatic rings. The minimum Gasteiger partial charge on any atom is -0.398 e. The standard InChI is InChI=1S/C12H14ClN/c13-11-7-3-1-5-9(11)10-6-2-4-8-12(10)14/h2,4,6,8H,1,3,5,7,14H2. The van der Waals surface area contributed by atoms with E-state index in [1.807, 2.05) is 18.2 Å². The largest absolute Gasteiger partial charge is 0.398 e. The van der Waals surface area contributed by atoms with E-state index in [0.717, 1.165) is 29.1 Å². The van der Waals surface area contributed by atoms with Crippen LogP contribution in [0.2, 0.25) is 0 Å². The van der Waals surface area contributed by atoms with Crippen molar-refractivity contribution in [1.82, 2.24) is 0 Å². The fraction of sp³-hybridized carbons (Fsp3) is 0.333. The molecule has 0 unspecified atom stereocenters. The first-order valence-electron chi connectivity index (χ1n) is 5.01. The van der Waals surface area contributed by atoms with Gasteiger partial charge in [0.25, 0.3) is 0 Å². The normalized spacial score (nSPS) is 17.2. The number of benzene rings is 1. The van der Waals surface area contributed by atoms with Crippen LogP contribution in [0.4, 0.5) is 5.69 Å². The summed E-state index contributed by atoms with van der Waals surface area (Å²) in [6.07, 6.45) is 4.49. The quantitative estimate of drug-likeness (QED) is 0.697. The second-order valence-electron chi connectivity index (χ2n) is 3.68. The zero-order valence-electron chi connectivity index (χ0n) is 8.09. The van der Waals surface area contributed by atoms with Crippen LogP contribution in [-0.4, -0.2) is 0 Å². The summed E-state index contributed by atoms with van der Waals surface area (Å²) < 4.78 is 0. The van der Waals surface area contributed by atoms with E-state index in [9.17, 15) is 0 Å². The van der Waals surface area contributed by atoms with E-state index < -0.39 is 0 Å². The molecule has 2 heteroatoms. The monoisotopic (exact) mass is 207 g/mol. The topological polar surface area (TPSA) is 26.0 Å². The minimum absolute atomic E-state index is 0.836. The summed E-state index contributed by atoms with van der Waals surface area (Å²) in [4.78, 5) is 0. The Morgan fingerprint density at radius 2 is 1.79 bits per heavy atom. The van der Waals surface area contributed by atoms with Crippen molar-refractivity contribution >= 4 is 22.9 Å². The lowest BCUT2D eigenvalue weighted by Gasteiger charge is -2.17. The summed E-state index contributed by atoms with van der Waals surface area (Å²) in [5.41, 5.74) is 9.13. The van der Waals surface area contributed by atoms with Gasteiger partial charge < -0.3 is 5.73 Å². The first-order chi connectivity index (χ1) is 6.79. The zero-order chi connectivity index (χ0) is 9.97. The van der Waals surface area contributed by atoms with Crippen molar-refractivity contribution in [2.45, 2.75) is 25.7 Å². The van der Waals surface area contributed by atoms with Crippen LogP contribution in [0.25, 0.3) is 5.57 Å². The van der Waals surface area contributed by atoms with Gasteiger partial charge in [-0.2, -0.15) is 0 Å². The maximum Gasteiger partial charge on any atom is 0.0390 e. The van der Waals surface area contributed by atoms with Crippen molar-refractivity contribution in [2.24, 2.45) is 0 Å². The number of halogens is 1. The Morgan fingerprint density at radius 1 is 1.07 bits per heavy atom. The second kappa shape index (κ2) is 4.05. The Morgan fingerprint density at radius 3 is 2.50 bits per heavy atom. The number of nitrogens with two attached hydrogens (primary N) is 1. The van der Waals surface area contributed by atoms with Crippen molar-refractivity contribution < 1.29 is 0 Å². The van der Waals surface area contributed by atoms with Crippen LogP contribution in [0.5, 0.6) is 0 Å². The molecule has 1 nitrogen and oxygen atoms in total. The van der Waals surface area contributed by atoms with Crippen LogP contribution in [0, 0.1) is 0 Å². The van der Waals surface area contributed by atoms with Crippen LogP contribution in [0.3, 0.4) is 0 Å². The van der Waals surface area contributed by atoms with Gasteiger partial charge in [0.15, 0.2) is 0 Å². The summed E-state index contributed by atoms with van der Waals surface area (Å²) in [5, 5.41) is 0.995. The molecule has 2 rings (SSSR count).